The summed E-state index contributed by atoms with van der Waals surface area (Å²) in [5.41, 5.74) is 1.15. The van der Waals surface area contributed by atoms with Crippen LogP contribution in [0.3, 0.4) is 0 Å². The average molecular weight is 403 g/mol. The summed E-state index contributed by atoms with van der Waals surface area (Å²) in [7, 11) is 3.44. The summed E-state index contributed by atoms with van der Waals surface area (Å²) in [6.45, 7) is 3.41. The molecule has 0 spiro atoms. The lowest BCUT2D eigenvalue weighted by molar-refractivity contribution is -0.134. The number of ether oxygens (including phenoxy) is 2. The molecule has 3 rings (SSSR count). The van der Waals surface area contributed by atoms with Gasteiger partial charge in [0.05, 0.1) is 6.61 Å². The molecule has 1 heterocycles. The number of benzene rings is 1. The summed E-state index contributed by atoms with van der Waals surface area (Å²) in [5, 5.41) is 6.82. The second-order valence-corrected chi connectivity index (χ2v) is 7.81. The number of carbonyl (C=O) groups is 1. The van der Waals surface area contributed by atoms with Crippen LogP contribution in [0.15, 0.2) is 29.3 Å². The lowest BCUT2D eigenvalue weighted by atomic mass is 10.1. The predicted octanol–water partition coefficient (Wildman–Crippen LogP) is 2.17. The van der Waals surface area contributed by atoms with Crippen LogP contribution in [0, 0.1) is 5.92 Å². The van der Waals surface area contributed by atoms with Gasteiger partial charge in [0.2, 0.25) is 5.91 Å². The van der Waals surface area contributed by atoms with E-state index < -0.39 is 0 Å². The summed E-state index contributed by atoms with van der Waals surface area (Å²) in [6, 6.07) is 8.27. The predicted molar refractivity (Wildman–Crippen MR) is 114 cm³/mol. The molecule has 1 saturated carbocycles. The van der Waals surface area contributed by atoms with Crippen molar-refractivity contribution >= 4 is 11.9 Å². The van der Waals surface area contributed by atoms with Gasteiger partial charge in [-0.25, -0.2) is 0 Å². The maximum atomic E-state index is 12.6. The van der Waals surface area contributed by atoms with Gasteiger partial charge in [-0.15, -0.1) is 0 Å². The van der Waals surface area contributed by atoms with Crippen molar-refractivity contribution in [2.75, 3.05) is 40.5 Å². The highest BCUT2D eigenvalue weighted by atomic mass is 16.5. The van der Waals surface area contributed by atoms with Gasteiger partial charge < -0.3 is 25.0 Å². The lowest BCUT2D eigenvalue weighted by Gasteiger charge is -2.21. The minimum atomic E-state index is 0.253. The largest absolute Gasteiger partial charge is 0.491 e. The van der Waals surface area contributed by atoms with Crippen molar-refractivity contribution < 1.29 is 14.3 Å². The Morgan fingerprint density at radius 3 is 2.62 bits per heavy atom. The van der Waals surface area contributed by atoms with Crippen molar-refractivity contribution in [2.24, 2.45) is 10.9 Å². The fourth-order valence-electron chi connectivity index (χ4n) is 4.03. The first-order valence-corrected chi connectivity index (χ1v) is 10.7. The zero-order valence-corrected chi connectivity index (χ0v) is 17.7. The third-order valence-corrected chi connectivity index (χ3v) is 5.71. The number of hydrogen-bond acceptors (Lipinski definition) is 4. The van der Waals surface area contributed by atoms with Crippen molar-refractivity contribution in [3.05, 3.63) is 29.8 Å². The van der Waals surface area contributed by atoms with E-state index in [0.29, 0.717) is 25.7 Å². The summed E-state index contributed by atoms with van der Waals surface area (Å²) >= 11 is 0. The highest BCUT2D eigenvalue weighted by molar-refractivity contribution is 5.81. The molecule has 7 heteroatoms. The number of carbonyl (C=O) groups excluding carboxylic acids is 1. The molecule has 1 aromatic carbocycles. The van der Waals surface area contributed by atoms with Crippen LogP contribution in [-0.2, 0) is 16.1 Å². The number of aliphatic imine (C=N–C) groups is 1. The molecule has 0 aromatic heterocycles. The Morgan fingerprint density at radius 1 is 1.17 bits per heavy atom. The molecule has 0 bridgehead atoms. The van der Waals surface area contributed by atoms with Crippen molar-refractivity contribution in [3.8, 4) is 5.75 Å². The Kier molecular flexibility index (Phi) is 8.16. The van der Waals surface area contributed by atoms with E-state index in [1.165, 1.54) is 12.8 Å². The molecule has 2 fully saturated rings. The first-order chi connectivity index (χ1) is 14.2. The van der Waals surface area contributed by atoms with E-state index in [9.17, 15) is 4.79 Å². The fraction of sp³-hybridized carbons (Fsp3) is 0.636. The monoisotopic (exact) mass is 402 g/mol. The number of methoxy groups -OCH3 is 1. The Morgan fingerprint density at radius 2 is 1.93 bits per heavy atom. The SMILES string of the molecule is CN=C(NCc1ccc(OCCOC)cc1)NC1CCN(C(=O)C2CCCC2)C1. The molecule has 1 amide bonds. The second kappa shape index (κ2) is 11.0. The van der Waals surface area contributed by atoms with E-state index in [-0.39, 0.29) is 12.0 Å². The zero-order chi connectivity index (χ0) is 20.5. The third-order valence-electron chi connectivity index (χ3n) is 5.71. The number of likely N-dealkylation sites (tertiary alicyclic amines) is 1. The molecule has 7 nitrogen and oxygen atoms in total. The summed E-state index contributed by atoms with van der Waals surface area (Å²) in [6.07, 6.45) is 5.48. The number of rotatable bonds is 8. The molecule has 2 aliphatic rings. The second-order valence-electron chi connectivity index (χ2n) is 7.81. The van der Waals surface area contributed by atoms with Gasteiger partial charge in [-0.2, -0.15) is 0 Å². The minimum absolute atomic E-state index is 0.253. The van der Waals surface area contributed by atoms with E-state index in [1.54, 1.807) is 14.2 Å². The van der Waals surface area contributed by atoms with Gasteiger partial charge >= 0.3 is 0 Å². The molecule has 2 N–H and O–H groups in total. The number of nitrogens with one attached hydrogen (secondary N) is 2. The quantitative estimate of drug-likeness (QED) is 0.396. The van der Waals surface area contributed by atoms with Crippen molar-refractivity contribution in [3.63, 3.8) is 0 Å². The van der Waals surface area contributed by atoms with E-state index in [2.05, 4.69) is 15.6 Å². The van der Waals surface area contributed by atoms with E-state index in [4.69, 9.17) is 9.47 Å². The maximum Gasteiger partial charge on any atom is 0.225 e. The van der Waals surface area contributed by atoms with Crippen molar-refractivity contribution in [1.82, 2.24) is 15.5 Å². The minimum Gasteiger partial charge on any atom is -0.491 e. The van der Waals surface area contributed by atoms with E-state index in [0.717, 1.165) is 49.6 Å². The van der Waals surface area contributed by atoms with Crippen LogP contribution in [0.25, 0.3) is 0 Å². The first-order valence-electron chi connectivity index (χ1n) is 10.7. The van der Waals surface area contributed by atoms with Gasteiger partial charge in [-0.05, 0) is 37.0 Å². The van der Waals surface area contributed by atoms with Crippen LogP contribution in [0.1, 0.15) is 37.7 Å². The topological polar surface area (TPSA) is 75.2 Å². The highest BCUT2D eigenvalue weighted by Crippen LogP contribution is 2.27. The van der Waals surface area contributed by atoms with E-state index in [1.807, 2.05) is 29.2 Å². The average Bonchev–Trinajstić information content (AvgIpc) is 3.44. The molecule has 1 aliphatic carbocycles. The maximum absolute atomic E-state index is 12.6. The van der Waals surface area contributed by atoms with Gasteiger partial charge in [0.15, 0.2) is 5.96 Å². The third kappa shape index (κ3) is 6.35. The van der Waals surface area contributed by atoms with E-state index >= 15 is 0 Å². The summed E-state index contributed by atoms with van der Waals surface area (Å²) < 4.78 is 10.6. The number of guanidine groups is 1. The number of nitrogens with zero attached hydrogens (tertiary/aromatic N) is 2. The van der Waals surface area contributed by atoms with Crippen LogP contribution < -0.4 is 15.4 Å². The summed E-state index contributed by atoms with van der Waals surface area (Å²) in [5.74, 6) is 2.21. The van der Waals surface area contributed by atoms with Gasteiger partial charge in [0.25, 0.3) is 0 Å². The molecule has 1 atom stereocenters. The van der Waals surface area contributed by atoms with Crippen LogP contribution in [0.5, 0.6) is 5.75 Å². The normalized spacial score (nSPS) is 20.1. The first kappa shape index (κ1) is 21.4. The Hall–Kier alpha value is -2.28. The van der Waals surface area contributed by atoms with Gasteiger partial charge in [-0.1, -0.05) is 25.0 Å². The van der Waals surface area contributed by atoms with Crippen LogP contribution in [-0.4, -0.2) is 63.3 Å². The van der Waals surface area contributed by atoms with Gasteiger partial charge in [-0.3, -0.25) is 9.79 Å². The standard InChI is InChI=1S/C22H34N4O3/c1-23-22(24-15-17-7-9-20(10-8-17)29-14-13-28-2)25-19-11-12-26(16-19)21(27)18-5-3-4-6-18/h7-10,18-19H,3-6,11-16H2,1-2H3,(H2,23,24,25). The Bertz CT molecular complexity index is 671. The molecule has 1 aromatic rings. The molecule has 1 aliphatic heterocycles. The molecule has 1 unspecified atom stereocenters. The van der Waals surface area contributed by atoms with Crippen LogP contribution >= 0.6 is 0 Å². The lowest BCUT2D eigenvalue weighted by Crippen LogP contribution is -2.45. The highest BCUT2D eigenvalue weighted by Gasteiger charge is 2.32. The van der Waals surface area contributed by atoms with Crippen LogP contribution in [0.4, 0.5) is 0 Å². The number of hydrogen-bond donors (Lipinski definition) is 2. The van der Waals surface area contributed by atoms with Crippen molar-refractivity contribution in [2.45, 2.75) is 44.7 Å². The number of amides is 1. The molecule has 160 valence electrons. The zero-order valence-electron chi connectivity index (χ0n) is 17.7. The molecule has 1 saturated heterocycles. The smallest absolute Gasteiger partial charge is 0.225 e. The fourth-order valence-corrected chi connectivity index (χ4v) is 4.03. The van der Waals surface area contributed by atoms with Crippen LogP contribution in [0.2, 0.25) is 0 Å². The Balaban J connectivity index is 1.41. The van der Waals surface area contributed by atoms with Gasteiger partial charge in [0, 0.05) is 45.8 Å². The molecule has 29 heavy (non-hydrogen) atoms. The molecular formula is C22H34N4O3. The Labute approximate surface area is 173 Å². The van der Waals surface area contributed by atoms with Crippen molar-refractivity contribution in [1.29, 1.82) is 0 Å². The molecule has 0 radical (unpaired) electrons. The van der Waals surface area contributed by atoms with Gasteiger partial charge in [0.1, 0.15) is 12.4 Å². The molecular weight excluding hydrogens is 368 g/mol. The summed E-state index contributed by atoms with van der Waals surface area (Å²) in [4.78, 5) is 19.0.